The van der Waals surface area contributed by atoms with Crippen LogP contribution in [0.2, 0.25) is 0 Å². The lowest BCUT2D eigenvalue weighted by atomic mass is 9.98. The molecule has 3 rings (SSSR count). The Morgan fingerprint density at radius 2 is 1.51 bits per heavy atom. The van der Waals surface area contributed by atoms with Crippen molar-refractivity contribution in [1.82, 2.24) is 9.21 Å². The summed E-state index contributed by atoms with van der Waals surface area (Å²) >= 11 is 0. The molecule has 0 unspecified atom stereocenters. The Bertz CT molecular complexity index is 1300. The van der Waals surface area contributed by atoms with Crippen LogP contribution in [0.5, 0.6) is 5.75 Å². The zero-order valence-electron chi connectivity index (χ0n) is 24.2. The maximum atomic E-state index is 13.7. The average molecular weight is 557 g/mol. The van der Waals surface area contributed by atoms with Gasteiger partial charge in [0.05, 0.1) is 17.1 Å². The summed E-state index contributed by atoms with van der Waals surface area (Å²) in [5.74, 6) is 1.11. The predicted octanol–water partition coefficient (Wildman–Crippen LogP) is 6.54. The third-order valence-electron chi connectivity index (χ3n) is 6.87. The Kier molecular flexibility index (Phi) is 11.6. The molecule has 0 aliphatic carbocycles. The molecule has 0 radical (unpaired) electrons. The zero-order valence-corrected chi connectivity index (χ0v) is 25.0. The summed E-state index contributed by atoms with van der Waals surface area (Å²) in [7, 11) is -0.673. The molecule has 0 aliphatic rings. The summed E-state index contributed by atoms with van der Waals surface area (Å²) < 4.78 is 38.6. The van der Waals surface area contributed by atoms with Crippen LogP contribution in [0.3, 0.4) is 0 Å². The van der Waals surface area contributed by atoms with Crippen LogP contribution in [-0.4, -0.2) is 63.7 Å². The van der Waals surface area contributed by atoms with Crippen LogP contribution in [0.4, 0.5) is 0 Å². The van der Waals surface area contributed by atoms with E-state index in [0.29, 0.717) is 40.9 Å². The van der Waals surface area contributed by atoms with Gasteiger partial charge in [0.2, 0.25) is 10.0 Å². The number of furan rings is 1. The van der Waals surface area contributed by atoms with E-state index in [4.69, 9.17) is 9.15 Å². The lowest BCUT2D eigenvalue weighted by Crippen LogP contribution is -2.28. The van der Waals surface area contributed by atoms with E-state index in [0.717, 1.165) is 42.5 Å². The van der Waals surface area contributed by atoms with Crippen LogP contribution >= 0.6 is 0 Å². The van der Waals surface area contributed by atoms with Crippen molar-refractivity contribution in [3.63, 3.8) is 0 Å². The normalized spacial score (nSPS) is 12.1. The summed E-state index contributed by atoms with van der Waals surface area (Å²) in [6.07, 6.45) is 7.18. The van der Waals surface area contributed by atoms with E-state index < -0.39 is 10.0 Å². The van der Waals surface area contributed by atoms with E-state index >= 15 is 0 Å². The SMILES string of the molecule is CCCCN(CCCC)CCCOc1ccc(C(=O)c2c(CCC)oc3ccc(S(=O)(=O)N(C)C)cc23)cc1. The molecule has 214 valence electrons. The standard InChI is InChI=1S/C31H44N2O5S/c1-6-9-19-33(20-10-7-2)21-11-22-37-25-15-13-24(14-16-25)31(34)30-27-23-26(39(35,36)32(4)5)17-18-28(27)38-29(30)12-8-3/h13-18,23H,6-12,19-22H2,1-5H3. The van der Waals surface area contributed by atoms with E-state index in [-0.39, 0.29) is 10.7 Å². The maximum absolute atomic E-state index is 13.7. The van der Waals surface area contributed by atoms with Gasteiger partial charge in [0.25, 0.3) is 0 Å². The second kappa shape index (κ2) is 14.6. The lowest BCUT2D eigenvalue weighted by Gasteiger charge is -2.21. The first kappa shape index (κ1) is 30.9. The van der Waals surface area contributed by atoms with Crippen molar-refractivity contribution < 1.29 is 22.4 Å². The molecule has 0 saturated carbocycles. The van der Waals surface area contributed by atoms with Crippen molar-refractivity contribution in [3.05, 3.63) is 59.4 Å². The molecule has 1 aromatic heterocycles. The zero-order chi connectivity index (χ0) is 28.4. The first-order valence-electron chi connectivity index (χ1n) is 14.2. The summed E-state index contributed by atoms with van der Waals surface area (Å²) in [6.45, 7) is 10.4. The molecule has 0 fully saturated rings. The second-order valence-corrected chi connectivity index (χ2v) is 12.4. The van der Waals surface area contributed by atoms with Gasteiger partial charge in [0.15, 0.2) is 5.78 Å². The number of ketones is 1. The van der Waals surface area contributed by atoms with Gasteiger partial charge in [-0.1, -0.05) is 33.6 Å². The number of sulfonamides is 1. The Morgan fingerprint density at radius 1 is 0.872 bits per heavy atom. The molecule has 0 aliphatic heterocycles. The van der Waals surface area contributed by atoms with Crippen molar-refractivity contribution in [1.29, 1.82) is 0 Å². The second-order valence-electron chi connectivity index (χ2n) is 10.2. The number of fused-ring (bicyclic) bond motifs is 1. The molecular weight excluding hydrogens is 512 g/mol. The number of unbranched alkanes of at least 4 members (excludes halogenated alkanes) is 2. The van der Waals surface area contributed by atoms with Gasteiger partial charge in [0.1, 0.15) is 17.1 Å². The molecule has 0 atom stereocenters. The van der Waals surface area contributed by atoms with E-state index in [1.165, 1.54) is 45.8 Å². The monoisotopic (exact) mass is 556 g/mol. The molecule has 1 heterocycles. The molecule has 3 aromatic rings. The predicted molar refractivity (Wildman–Crippen MR) is 157 cm³/mol. The Labute approximate surface area is 234 Å². The number of nitrogens with zero attached hydrogens (tertiary/aromatic N) is 2. The quantitative estimate of drug-likeness (QED) is 0.139. The van der Waals surface area contributed by atoms with Crippen molar-refractivity contribution in [2.24, 2.45) is 0 Å². The van der Waals surface area contributed by atoms with Crippen LogP contribution < -0.4 is 4.74 Å². The van der Waals surface area contributed by atoms with Crippen LogP contribution in [0.15, 0.2) is 51.8 Å². The van der Waals surface area contributed by atoms with Crippen molar-refractivity contribution in [3.8, 4) is 5.75 Å². The minimum atomic E-state index is -3.65. The minimum Gasteiger partial charge on any atom is -0.494 e. The Morgan fingerprint density at radius 3 is 2.10 bits per heavy atom. The van der Waals surface area contributed by atoms with Gasteiger partial charge >= 0.3 is 0 Å². The number of hydrogen-bond acceptors (Lipinski definition) is 6. The molecule has 0 saturated heterocycles. The van der Waals surface area contributed by atoms with Gasteiger partial charge in [-0.05, 0) is 81.2 Å². The maximum Gasteiger partial charge on any atom is 0.242 e. The molecule has 7 nitrogen and oxygen atoms in total. The smallest absolute Gasteiger partial charge is 0.242 e. The summed E-state index contributed by atoms with van der Waals surface area (Å²) in [6, 6.07) is 11.9. The molecule has 0 bridgehead atoms. The molecule has 2 aromatic carbocycles. The Hall–Kier alpha value is -2.68. The van der Waals surface area contributed by atoms with E-state index in [1.54, 1.807) is 24.3 Å². The van der Waals surface area contributed by atoms with Gasteiger partial charge in [-0.3, -0.25) is 4.79 Å². The van der Waals surface area contributed by atoms with Crippen molar-refractivity contribution in [2.75, 3.05) is 40.3 Å². The summed E-state index contributed by atoms with van der Waals surface area (Å²) in [4.78, 5) is 16.3. The molecular formula is C31H44N2O5S. The van der Waals surface area contributed by atoms with Crippen LogP contribution in [0.1, 0.15) is 81.0 Å². The van der Waals surface area contributed by atoms with E-state index in [9.17, 15) is 13.2 Å². The number of rotatable bonds is 17. The fraction of sp³-hybridized carbons (Fsp3) is 0.516. The van der Waals surface area contributed by atoms with E-state index in [2.05, 4.69) is 18.7 Å². The molecule has 8 heteroatoms. The highest BCUT2D eigenvalue weighted by Crippen LogP contribution is 2.32. The number of hydrogen-bond donors (Lipinski definition) is 0. The number of aryl methyl sites for hydroxylation is 1. The minimum absolute atomic E-state index is 0.129. The first-order valence-corrected chi connectivity index (χ1v) is 15.6. The molecule has 39 heavy (non-hydrogen) atoms. The fourth-order valence-corrected chi connectivity index (χ4v) is 5.50. The number of carbonyl (C=O) groups is 1. The van der Waals surface area contributed by atoms with Gasteiger partial charge in [-0.15, -0.1) is 0 Å². The number of carbonyl (C=O) groups excluding carboxylic acids is 1. The topological polar surface area (TPSA) is 80.1 Å². The number of ether oxygens (including phenoxy) is 1. The number of benzene rings is 2. The molecule has 0 N–H and O–H groups in total. The highest BCUT2D eigenvalue weighted by Gasteiger charge is 2.25. The Balaban J connectivity index is 1.74. The van der Waals surface area contributed by atoms with Crippen molar-refractivity contribution >= 4 is 26.8 Å². The van der Waals surface area contributed by atoms with Gasteiger partial charge in [-0.2, -0.15) is 0 Å². The fourth-order valence-electron chi connectivity index (χ4n) is 4.57. The van der Waals surface area contributed by atoms with Crippen molar-refractivity contribution in [2.45, 2.75) is 70.6 Å². The highest BCUT2D eigenvalue weighted by atomic mass is 32.2. The molecule has 0 spiro atoms. The first-order chi connectivity index (χ1) is 18.7. The van der Waals surface area contributed by atoms with Gasteiger partial charge < -0.3 is 14.1 Å². The van der Waals surface area contributed by atoms with Crippen LogP contribution in [0.25, 0.3) is 11.0 Å². The van der Waals surface area contributed by atoms with E-state index in [1.807, 2.05) is 19.1 Å². The lowest BCUT2D eigenvalue weighted by molar-refractivity contribution is 0.103. The van der Waals surface area contributed by atoms with Crippen LogP contribution in [-0.2, 0) is 16.4 Å². The highest BCUT2D eigenvalue weighted by molar-refractivity contribution is 7.89. The van der Waals surface area contributed by atoms with Gasteiger partial charge in [0, 0.05) is 38.0 Å². The molecule has 0 amide bonds. The van der Waals surface area contributed by atoms with Gasteiger partial charge in [-0.25, -0.2) is 12.7 Å². The largest absolute Gasteiger partial charge is 0.494 e. The summed E-state index contributed by atoms with van der Waals surface area (Å²) in [5.41, 5.74) is 1.44. The van der Waals surface area contributed by atoms with Crippen LogP contribution in [0, 0.1) is 0 Å². The summed E-state index contributed by atoms with van der Waals surface area (Å²) in [5, 5.41) is 0.516. The average Bonchev–Trinajstić information content (AvgIpc) is 3.29. The third kappa shape index (κ3) is 7.93. The third-order valence-corrected chi connectivity index (χ3v) is 8.69.